The van der Waals surface area contributed by atoms with Gasteiger partial charge in [-0.15, -0.1) is 10.2 Å². The summed E-state index contributed by atoms with van der Waals surface area (Å²) in [6.45, 7) is 3.14. The molecule has 1 aromatic heterocycles. The summed E-state index contributed by atoms with van der Waals surface area (Å²) >= 11 is 1.74. The van der Waals surface area contributed by atoms with Crippen LogP contribution in [0.25, 0.3) is 11.4 Å². The fourth-order valence-electron chi connectivity index (χ4n) is 2.59. The van der Waals surface area contributed by atoms with Gasteiger partial charge >= 0.3 is 0 Å². The number of benzene rings is 2. The summed E-state index contributed by atoms with van der Waals surface area (Å²) < 4.78 is 7.48. The lowest BCUT2D eigenvalue weighted by Crippen LogP contribution is -2.02. The number of methoxy groups -OCH3 is 1. The molecule has 0 saturated carbocycles. The molecule has 3 aromatic rings. The molecule has 0 N–H and O–H groups in total. The summed E-state index contributed by atoms with van der Waals surface area (Å²) in [6, 6.07) is 18.5. The third kappa shape index (κ3) is 4.42. The summed E-state index contributed by atoms with van der Waals surface area (Å²) in [5.74, 6) is 2.67. The van der Waals surface area contributed by atoms with E-state index in [0.717, 1.165) is 47.4 Å². The van der Waals surface area contributed by atoms with Crippen LogP contribution in [0, 0.1) is 0 Å². The van der Waals surface area contributed by atoms with Crippen LogP contribution in [0.15, 0.2) is 59.8 Å². The molecule has 0 aliphatic heterocycles. The highest BCUT2D eigenvalue weighted by Crippen LogP contribution is 2.27. The largest absolute Gasteiger partial charge is 0.497 e. The van der Waals surface area contributed by atoms with Gasteiger partial charge in [-0.3, -0.25) is 0 Å². The van der Waals surface area contributed by atoms with Crippen LogP contribution in [-0.2, 0) is 12.3 Å². The highest BCUT2D eigenvalue weighted by Gasteiger charge is 2.14. The Morgan fingerprint density at radius 2 is 1.76 bits per heavy atom. The van der Waals surface area contributed by atoms with Gasteiger partial charge in [-0.1, -0.05) is 55.4 Å². The summed E-state index contributed by atoms with van der Waals surface area (Å²) in [7, 11) is 1.68. The van der Waals surface area contributed by atoms with Gasteiger partial charge in [0.15, 0.2) is 11.0 Å². The zero-order chi connectivity index (χ0) is 17.5. The van der Waals surface area contributed by atoms with E-state index in [4.69, 9.17) is 4.74 Å². The van der Waals surface area contributed by atoms with Crippen molar-refractivity contribution in [2.24, 2.45) is 0 Å². The van der Waals surface area contributed by atoms with Gasteiger partial charge in [-0.25, -0.2) is 0 Å². The number of hydrogen-bond donors (Lipinski definition) is 0. The van der Waals surface area contributed by atoms with Crippen LogP contribution in [0.2, 0.25) is 0 Å². The Bertz CT molecular complexity index is 784. The molecule has 0 spiro atoms. The van der Waals surface area contributed by atoms with Crippen LogP contribution in [-0.4, -0.2) is 21.9 Å². The van der Waals surface area contributed by atoms with E-state index in [1.807, 2.05) is 30.3 Å². The van der Waals surface area contributed by atoms with Gasteiger partial charge < -0.3 is 9.30 Å². The Labute approximate surface area is 153 Å². The van der Waals surface area contributed by atoms with Crippen molar-refractivity contribution in [2.45, 2.75) is 37.2 Å². The molecule has 0 bridgehead atoms. The molecule has 25 heavy (non-hydrogen) atoms. The second kappa shape index (κ2) is 8.72. The summed E-state index contributed by atoms with van der Waals surface area (Å²) in [4.78, 5) is 0. The smallest absolute Gasteiger partial charge is 0.191 e. The number of ether oxygens (including phenoxy) is 1. The van der Waals surface area contributed by atoms with E-state index >= 15 is 0 Å². The second-order valence-corrected chi connectivity index (χ2v) is 6.76. The van der Waals surface area contributed by atoms with Gasteiger partial charge in [-0.2, -0.15) is 0 Å². The molecule has 0 saturated heterocycles. The minimum absolute atomic E-state index is 0.849. The first kappa shape index (κ1) is 17.5. The fourth-order valence-corrected chi connectivity index (χ4v) is 3.51. The Morgan fingerprint density at radius 3 is 2.44 bits per heavy atom. The summed E-state index contributed by atoms with van der Waals surface area (Å²) in [5.41, 5.74) is 2.36. The van der Waals surface area contributed by atoms with E-state index in [0.29, 0.717) is 0 Å². The first-order chi connectivity index (χ1) is 12.3. The molecule has 0 unspecified atom stereocenters. The molecule has 0 atom stereocenters. The van der Waals surface area contributed by atoms with Gasteiger partial charge in [0.1, 0.15) is 5.75 Å². The lowest BCUT2D eigenvalue weighted by Gasteiger charge is -2.10. The molecule has 0 amide bonds. The topological polar surface area (TPSA) is 39.9 Å². The van der Waals surface area contributed by atoms with Crippen molar-refractivity contribution < 1.29 is 4.74 Å². The standard InChI is InChI=1S/C20H23N3OS/c1-3-4-14-23-19(17-10-12-18(24-2)13-11-17)21-22-20(23)25-15-16-8-6-5-7-9-16/h5-13H,3-4,14-15H2,1-2H3. The molecule has 3 rings (SSSR count). The number of unbranched alkanes of at least 4 members (excludes halogenated alkanes) is 1. The highest BCUT2D eigenvalue weighted by molar-refractivity contribution is 7.98. The lowest BCUT2D eigenvalue weighted by atomic mass is 10.2. The predicted molar refractivity (Wildman–Crippen MR) is 103 cm³/mol. The van der Waals surface area contributed by atoms with Crippen LogP contribution in [0.4, 0.5) is 0 Å². The fraction of sp³-hybridized carbons (Fsp3) is 0.300. The summed E-state index contributed by atoms with van der Waals surface area (Å²) in [5, 5.41) is 9.88. The molecule has 5 heteroatoms. The van der Waals surface area contributed by atoms with Crippen molar-refractivity contribution >= 4 is 11.8 Å². The molecule has 1 heterocycles. The average Bonchev–Trinajstić information content (AvgIpc) is 3.08. The number of aromatic nitrogens is 3. The lowest BCUT2D eigenvalue weighted by molar-refractivity contribution is 0.415. The van der Waals surface area contributed by atoms with Crippen molar-refractivity contribution in [3.63, 3.8) is 0 Å². The molecule has 0 fully saturated rings. The zero-order valence-electron chi connectivity index (χ0n) is 14.7. The van der Waals surface area contributed by atoms with Gasteiger partial charge in [0.25, 0.3) is 0 Å². The number of thioether (sulfide) groups is 1. The summed E-state index contributed by atoms with van der Waals surface area (Å²) in [6.07, 6.45) is 2.25. The van der Waals surface area contributed by atoms with Crippen LogP contribution in [0.5, 0.6) is 5.75 Å². The van der Waals surface area contributed by atoms with Crippen molar-refractivity contribution in [3.05, 3.63) is 60.2 Å². The first-order valence-corrected chi connectivity index (χ1v) is 9.54. The molecular formula is C20H23N3OS. The Balaban J connectivity index is 1.83. The van der Waals surface area contributed by atoms with Crippen LogP contribution < -0.4 is 4.74 Å². The molecule has 0 aliphatic carbocycles. The predicted octanol–water partition coefficient (Wildman–Crippen LogP) is 5.05. The third-order valence-electron chi connectivity index (χ3n) is 4.01. The van der Waals surface area contributed by atoms with Crippen molar-refractivity contribution in [1.29, 1.82) is 0 Å². The van der Waals surface area contributed by atoms with E-state index in [9.17, 15) is 0 Å². The third-order valence-corrected chi connectivity index (χ3v) is 5.05. The zero-order valence-corrected chi connectivity index (χ0v) is 15.5. The Hall–Kier alpha value is -2.27. The Kier molecular flexibility index (Phi) is 6.12. The molecular weight excluding hydrogens is 330 g/mol. The quantitative estimate of drug-likeness (QED) is 0.532. The number of rotatable bonds is 8. The van der Waals surface area contributed by atoms with Gasteiger partial charge in [0.05, 0.1) is 7.11 Å². The first-order valence-electron chi connectivity index (χ1n) is 8.56. The minimum atomic E-state index is 0.849. The van der Waals surface area contributed by atoms with Crippen LogP contribution in [0.3, 0.4) is 0 Å². The monoisotopic (exact) mass is 353 g/mol. The highest BCUT2D eigenvalue weighted by atomic mass is 32.2. The normalized spacial score (nSPS) is 10.8. The van der Waals surface area contributed by atoms with Crippen molar-refractivity contribution in [3.8, 4) is 17.1 Å². The van der Waals surface area contributed by atoms with Crippen molar-refractivity contribution in [1.82, 2.24) is 14.8 Å². The molecule has 0 radical (unpaired) electrons. The van der Waals surface area contributed by atoms with E-state index in [-0.39, 0.29) is 0 Å². The second-order valence-electron chi connectivity index (χ2n) is 5.81. The molecule has 4 nitrogen and oxygen atoms in total. The van der Waals surface area contributed by atoms with Gasteiger partial charge in [-0.05, 0) is 36.2 Å². The van der Waals surface area contributed by atoms with E-state index in [1.165, 1.54) is 5.56 Å². The van der Waals surface area contributed by atoms with Gasteiger partial charge in [0.2, 0.25) is 0 Å². The average molecular weight is 353 g/mol. The van der Waals surface area contributed by atoms with Gasteiger partial charge in [0, 0.05) is 17.9 Å². The maximum absolute atomic E-state index is 5.25. The maximum Gasteiger partial charge on any atom is 0.191 e. The maximum atomic E-state index is 5.25. The number of hydrogen-bond acceptors (Lipinski definition) is 4. The van der Waals surface area contributed by atoms with E-state index in [2.05, 4.69) is 46.0 Å². The van der Waals surface area contributed by atoms with E-state index in [1.54, 1.807) is 18.9 Å². The van der Waals surface area contributed by atoms with Crippen molar-refractivity contribution in [2.75, 3.05) is 7.11 Å². The Morgan fingerprint density at radius 1 is 1.00 bits per heavy atom. The minimum Gasteiger partial charge on any atom is -0.497 e. The SMILES string of the molecule is CCCCn1c(SCc2ccccc2)nnc1-c1ccc(OC)cc1. The molecule has 0 aliphatic rings. The van der Waals surface area contributed by atoms with Crippen LogP contribution in [0.1, 0.15) is 25.3 Å². The molecule has 130 valence electrons. The number of nitrogens with zero attached hydrogens (tertiary/aromatic N) is 3. The van der Waals surface area contributed by atoms with E-state index < -0.39 is 0 Å². The molecule has 2 aromatic carbocycles. The van der Waals surface area contributed by atoms with Crippen LogP contribution >= 0.6 is 11.8 Å².